The second-order valence-electron chi connectivity index (χ2n) is 6.87. The third-order valence-corrected chi connectivity index (χ3v) is 4.62. The molecule has 1 aromatic heterocycles. The number of carbonyl (C=O) groups excluding carboxylic acids is 2. The number of carbonyl (C=O) groups is 2. The molecule has 0 aliphatic carbocycles. The fourth-order valence-corrected chi connectivity index (χ4v) is 3.09. The summed E-state index contributed by atoms with van der Waals surface area (Å²) in [6.45, 7) is 1.65. The van der Waals surface area contributed by atoms with Gasteiger partial charge >= 0.3 is 0 Å². The van der Waals surface area contributed by atoms with Crippen molar-refractivity contribution in [2.75, 3.05) is 17.2 Å². The first-order valence-electron chi connectivity index (χ1n) is 9.58. The Morgan fingerprint density at radius 2 is 1.65 bits per heavy atom. The van der Waals surface area contributed by atoms with Crippen molar-refractivity contribution >= 4 is 34.2 Å². The third-order valence-electron chi connectivity index (χ3n) is 4.62. The van der Waals surface area contributed by atoms with Crippen LogP contribution in [-0.4, -0.2) is 18.4 Å². The van der Waals surface area contributed by atoms with Crippen LogP contribution in [-0.2, 0) is 4.79 Å². The van der Waals surface area contributed by atoms with Gasteiger partial charge in [0.15, 0.2) is 6.61 Å². The van der Waals surface area contributed by atoms with Gasteiger partial charge in [-0.3, -0.25) is 9.59 Å². The average molecular weight is 418 g/mol. The molecule has 6 nitrogen and oxygen atoms in total. The van der Waals surface area contributed by atoms with Gasteiger partial charge in [0.05, 0.1) is 0 Å². The number of benzene rings is 3. The number of ether oxygens (including phenoxy) is 1. The third kappa shape index (κ3) is 4.56. The molecule has 0 fully saturated rings. The molecule has 0 bridgehead atoms. The van der Waals surface area contributed by atoms with Gasteiger partial charge in [0.25, 0.3) is 11.8 Å². The average Bonchev–Trinajstić information content (AvgIpc) is 3.13. The summed E-state index contributed by atoms with van der Waals surface area (Å²) in [6, 6.07) is 19.7. The van der Waals surface area contributed by atoms with E-state index in [9.17, 15) is 14.0 Å². The van der Waals surface area contributed by atoms with Gasteiger partial charge in [-0.05, 0) is 55.0 Å². The highest BCUT2D eigenvalue weighted by atomic mass is 19.1. The molecule has 0 saturated carbocycles. The molecule has 0 unspecified atom stereocenters. The first-order chi connectivity index (χ1) is 15.0. The van der Waals surface area contributed by atoms with E-state index in [1.54, 1.807) is 30.3 Å². The number of aryl methyl sites for hydroxylation is 1. The van der Waals surface area contributed by atoms with E-state index in [2.05, 4.69) is 10.6 Å². The molecule has 4 rings (SSSR count). The van der Waals surface area contributed by atoms with Crippen molar-refractivity contribution < 1.29 is 23.1 Å². The summed E-state index contributed by atoms with van der Waals surface area (Å²) in [5.74, 6) is -0.884. The van der Waals surface area contributed by atoms with Gasteiger partial charge in [-0.2, -0.15) is 0 Å². The van der Waals surface area contributed by atoms with E-state index in [4.69, 9.17) is 9.15 Å². The summed E-state index contributed by atoms with van der Waals surface area (Å²) in [5.41, 5.74) is 1.99. The number of nitrogens with one attached hydrogen (secondary N) is 2. The van der Waals surface area contributed by atoms with E-state index in [0.29, 0.717) is 22.4 Å². The number of rotatable bonds is 6. The maximum atomic E-state index is 13.1. The monoisotopic (exact) mass is 418 g/mol. The molecule has 0 atom stereocenters. The van der Waals surface area contributed by atoms with E-state index in [0.717, 1.165) is 5.56 Å². The smallest absolute Gasteiger partial charge is 0.293 e. The largest absolute Gasteiger partial charge is 0.483 e. The lowest BCUT2D eigenvalue weighted by atomic mass is 10.2. The van der Waals surface area contributed by atoms with Crippen LogP contribution in [0.1, 0.15) is 16.1 Å². The molecule has 0 radical (unpaired) electrons. The lowest BCUT2D eigenvalue weighted by Gasteiger charge is -2.10. The highest BCUT2D eigenvalue weighted by molar-refractivity contribution is 6.14. The molecule has 3 aromatic carbocycles. The van der Waals surface area contributed by atoms with E-state index >= 15 is 0 Å². The summed E-state index contributed by atoms with van der Waals surface area (Å²) in [4.78, 5) is 25.4. The Bertz CT molecular complexity index is 1250. The predicted molar refractivity (Wildman–Crippen MR) is 116 cm³/mol. The number of para-hydroxylation sites is 2. The Morgan fingerprint density at radius 3 is 2.42 bits per heavy atom. The van der Waals surface area contributed by atoms with Crippen LogP contribution in [0.25, 0.3) is 11.0 Å². The van der Waals surface area contributed by atoms with E-state index in [-0.39, 0.29) is 18.1 Å². The van der Waals surface area contributed by atoms with Crippen molar-refractivity contribution in [3.05, 3.63) is 89.9 Å². The first kappa shape index (κ1) is 20.2. The highest BCUT2D eigenvalue weighted by Gasteiger charge is 2.22. The van der Waals surface area contributed by atoms with E-state index in [1.807, 2.05) is 25.1 Å². The zero-order valence-corrected chi connectivity index (χ0v) is 16.6. The molecule has 2 N–H and O–H groups in total. The van der Waals surface area contributed by atoms with Crippen LogP contribution in [0.5, 0.6) is 5.75 Å². The SMILES string of the molecule is Cc1ccccc1OCC(=O)Nc1c(C(=O)Nc2ccc(F)cc2)oc2ccccc12. The maximum absolute atomic E-state index is 13.1. The van der Waals surface area contributed by atoms with Gasteiger partial charge in [-0.15, -0.1) is 0 Å². The van der Waals surface area contributed by atoms with Crippen LogP contribution in [0.15, 0.2) is 77.2 Å². The van der Waals surface area contributed by atoms with Crippen molar-refractivity contribution in [3.63, 3.8) is 0 Å². The van der Waals surface area contributed by atoms with Crippen molar-refractivity contribution in [1.29, 1.82) is 0 Å². The second kappa shape index (κ2) is 8.71. The lowest BCUT2D eigenvalue weighted by Crippen LogP contribution is -2.22. The highest BCUT2D eigenvalue weighted by Crippen LogP contribution is 2.31. The molecule has 4 aromatic rings. The van der Waals surface area contributed by atoms with Crippen LogP contribution in [0.2, 0.25) is 0 Å². The predicted octanol–water partition coefficient (Wildman–Crippen LogP) is 5.15. The van der Waals surface area contributed by atoms with Gasteiger partial charge in [0, 0.05) is 11.1 Å². The van der Waals surface area contributed by atoms with Crippen molar-refractivity contribution in [2.45, 2.75) is 6.92 Å². The molecule has 0 aliphatic heterocycles. The number of furan rings is 1. The van der Waals surface area contributed by atoms with Gasteiger partial charge in [0.1, 0.15) is 22.8 Å². The van der Waals surface area contributed by atoms with Crippen molar-refractivity contribution in [1.82, 2.24) is 0 Å². The quantitative estimate of drug-likeness (QED) is 0.454. The molecule has 2 amide bonds. The minimum atomic E-state index is -0.571. The summed E-state index contributed by atoms with van der Waals surface area (Å²) in [7, 11) is 0. The van der Waals surface area contributed by atoms with Crippen LogP contribution in [0.3, 0.4) is 0 Å². The summed E-state index contributed by atoms with van der Waals surface area (Å²) >= 11 is 0. The number of anilines is 2. The zero-order chi connectivity index (χ0) is 21.8. The molecule has 1 heterocycles. The molecular weight excluding hydrogens is 399 g/mol. The topological polar surface area (TPSA) is 80.6 Å². The Kier molecular flexibility index (Phi) is 5.66. The molecule has 0 spiro atoms. The standard InChI is InChI=1S/C24H19FN2O4/c1-15-6-2-4-8-19(15)30-14-21(28)27-22-18-7-3-5-9-20(18)31-23(22)24(29)26-17-12-10-16(25)11-13-17/h2-13H,14H2,1H3,(H,26,29)(H,27,28). The fraction of sp³-hybridized carbons (Fsp3) is 0.0833. The van der Waals surface area contributed by atoms with Gasteiger partial charge in [-0.25, -0.2) is 4.39 Å². The zero-order valence-electron chi connectivity index (χ0n) is 16.6. The lowest BCUT2D eigenvalue weighted by molar-refractivity contribution is -0.118. The van der Waals surface area contributed by atoms with Crippen LogP contribution in [0, 0.1) is 12.7 Å². The second-order valence-corrected chi connectivity index (χ2v) is 6.87. The van der Waals surface area contributed by atoms with Gasteiger partial charge in [0.2, 0.25) is 5.76 Å². The summed E-state index contributed by atoms with van der Waals surface area (Å²) in [6.07, 6.45) is 0. The fourth-order valence-electron chi connectivity index (χ4n) is 3.09. The van der Waals surface area contributed by atoms with Crippen LogP contribution in [0.4, 0.5) is 15.8 Å². The van der Waals surface area contributed by atoms with E-state index in [1.165, 1.54) is 24.3 Å². The Morgan fingerprint density at radius 1 is 0.935 bits per heavy atom. The Balaban J connectivity index is 1.56. The molecule has 0 saturated heterocycles. The summed E-state index contributed by atoms with van der Waals surface area (Å²) in [5, 5.41) is 5.94. The number of hydrogen-bond donors (Lipinski definition) is 2. The number of halogens is 1. The minimum absolute atomic E-state index is 0.0604. The Labute approximate surface area is 177 Å². The van der Waals surface area contributed by atoms with Crippen LogP contribution >= 0.6 is 0 Å². The number of fused-ring (bicyclic) bond motifs is 1. The van der Waals surface area contributed by atoms with Crippen molar-refractivity contribution in [2.24, 2.45) is 0 Å². The molecule has 7 heteroatoms. The molecule has 0 aliphatic rings. The van der Waals surface area contributed by atoms with Gasteiger partial charge < -0.3 is 19.8 Å². The molecular formula is C24H19FN2O4. The minimum Gasteiger partial charge on any atom is -0.483 e. The van der Waals surface area contributed by atoms with Crippen LogP contribution < -0.4 is 15.4 Å². The maximum Gasteiger partial charge on any atom is 0.293 e. The van der Waals surface area contributed by atoms with Crippen molar-refractivity contribution in [3.8, 4) is 5.75 Å². The molecule has 31 heavy (non-hydrogen) atoms. The van der Waals surface area contributed by atoms with Gasteiger partial charge in [-0.1, -0.05) is 30.3 Å². The number of amides is 2. The normalized spacial score (nSPS) is 10.6. The number of hydrogen-bond acceptors (Lipinski definition) is 4. The molecule has 156 valence electrons. The van der Waals surface area contributed by atoms with E-state index < -0.39 is 17.6 Å². The Hall–Kier alpha value is -4.13. The summed E-state index contributed by atoms with van der Waals surface area (Å²) < 4.78 is 24.4. The first-order valence-corrected chi connectivity index (χ1v) is 9.58.